The molecule has 0 saturated carbocycles. The van der Waals surface area contributed by atoms with Crippen LogP contribution in [0.1, 0.15) is 43.2 Å². The molecule has 1 aliphatic heterocycles. The highest BCUT2D eigenvalue weighted by molar-refractivity contribution is 5.85. The summed E-state index contributed by atoms with van der Waals surface area (Å²) in [7, 11) is 0. The van der Waals surface area contributed by atoms with Gasteiger partial charge in [-0.15, -0.1) is 12.4 Å². The first-order chi connectivity index (χ1) is 11.8. The van der Waals surface area contributed by atoms with Crippen LogP contribution in [0.3, 0.4) is 0 Å². The number of carbonyl (C=O) groups is 1. The van der Waals surface area contributed by atoms with Crippen LogP contribution >= 0.6 is 12.4 Å². The van der Waals surface area contributed by atoms with Gasteiger partial charge in [0.25, 0.3) is 0 Å². The van der Waals surface area contributed by atoms with Gasteiger partial charge in [-0.25, -0.2) is 0 Å². The summed E-state index contributed by atoms with van der Waals surface area (Å²) in [5.41, 5.74) is 10.5. The molecular formula is C21H27ClN2O. The van der Waals surface area contributed by atoms with Gasteiger partial charge in [0, 0.05) is 19.5 Å². The molecule has 3 rings (SSSR count). The van der Waals surface area contributed by atoms with E-state index in [1.54, 1.807) is 0 Å². The Kier molecular flexibility index (Phi) is 7.48. The molecule has 2 aromatic rings. The monoisotopic (exact) mass is 358 g/mol. The average molecular weight is 359 g/mol. The zero-order chi connectivity index (χ0) is 16.8. The highest BCUT2D eigenvalue weighted by Gasteiger charge is 2.21. The van der Waals surface area contributed by atoms with Crippen molar-refractivity contribution in [3.8, 4) is 11.1 Å². The molecule has 2 N–H and O–H groups in total. The summed E-state index contributed by atoms with van der Waals surface area (Å²) in [6, 6.07) is 16.9. The Morgan fingerprint density at radius 3 is 1.92 bits per heavy atom. The van der Waals surface area contributed by atoms with E-state index < -0.39 is 0 Å². The molecule has 0 fully saturated rings. The van der Waals surface area contributed by atoms with Crippen LogP contribution in [-0.2, 0) is 17.9 Å². The first kappa shape index (κ1) is 19.5. The van der Waals surface area contributed by atoms with Crippen molar-refractivity contribution in [1.29, 1.82) is 0 Å². The predicted molar refractivity (Wildman–Crippen MR) is 106 cm³/mol. The minimum absolute atomic E-state index is 0. The van der Waals surface area contributed by atoms with Gasteiger partial charge in [0.2, 0.25) is 5.91 Å². The summed E-state index contributed by atoms with van der Waals surface area (Å²) in [4.78, 5) is 14.7. The molecule has 1 amide bonds. The molecule has 0 unspecified atom stereocenters. The van der Waals surface area contributed by atoms with Gasteiger partial charge in [-0.1, -0.05) is 61.4 Å². The second-order valence-corrected chi connectivity index (χ2v) is 6.52. The lowest BCUT2D eigenvalue weighted by molar-refractivity contribution is -0.132. The SMILES string of the molecule is Cl.NCCCCCCC(=O)N1Cc2ccccc2-c2ccccc2C1. The van der Waals surface area contributed by atoms with Crippen LogP contribution in [0.15, 0.2) is 48.5 Å². The summed E-state index contributed by atoms with van der Waals surface area (Å²) < 4.78 is 0. The number of benzene rings is 2. The van der Waals surface area contributed by atoms with Crippen molar-refractivity contribution in [3.63, 3.8) is 0 Å². The topological polar surface area (TPSA) is 46.3 Å². The minimum atomic E-state index is 0. The van der Waals surface area contributed by atoms with Gasteiger partial charge in [-0.05, 0) is 41.6 Å². The van der Waals surface area contributed by atoms with Crippen LogP contribution in [0.5, 0.6) is 0 Å². The first-order valence-corrected chi connectivity index (χ1v) is 8.93. The van der Waals surface area contributed by atoms with E-state index >= 15 is 0 Å². The molecular weight excluding hydrogens is 332 g/mol. The van der Waals surface area contributed by atoms with Crippen molar-refractivity contribution in [2.24, 2.45) is 5.73 Å². The summed E-state index contributed by atoms with van der Waals surface area (Å²) in [5.74, 6) is 0.259. The molecule has 25 heavy (non-hydrogen) atoms. The maximum atomic E-state index is 12.7. The quantitative estimate of drug-likeness (QED) is 0.771. The number of rotatable bonds is 6. The van der Waals surface area contributed by atoms with Gasteiger partial charge < -0.3 is 10.6 Å². The number of hydrogen-bond acceptors (Lipinski definition) is 2. The summed E-state index contributed by atoms with van der Waals surface area (Å²) in [5, 5.41) is 0. The molecule has 0 atom stereocenters. The lowest BCUT2D eigenvalue weighted by atomic mass is 9.97. The summed E-state index contributed by atoms with van der Waals surface area (Å²) in [6.07, 6.45) is 4.85. The third-order valence-electron chi connectivity index (χ3n) is 4.74. The lowest BCUT2D eigenvalue weighted by Crippen LogP contribution is -2.29. The van der Waals surface area contributed by atoms with Gasteiger partial charge >= 0.3 is 0 Å². The van der Waals surface area contributed by atoms with Gasteiger partial charge in [-0.3, -0.25) is 4.79 Å². The molecule has 0 radical (unpaired) electrons. The fourth-order valence-electron chi connectivity index (χ4n) is 3.42. The van der Waals surface area contributed by atoms with E-state index in [0.717, 1.165) is 32.2 Å². The highest BCUT2D eigenvalue weighted by Crippen LogP contribution is 2.32. The fourth-order valence-corrected chi connectivity index (χ4v) is 3.42. The maximum Gasteiger partial charge on any atom is 0.223 e. The normalized spacial score (nSPS) is 12.6. The van der Waals surface area contributed by atoms with E-state index in [1.165, 1.54) is 22.3 Å². The number of fused-ring (bicyclic) bond motifs is 3. The number of hydrogen-bond donors (Lipinski definition) is 1. The maximum absolute atomic E-state index is 12.7. The molecule has 4 heteroatoms. The van der Waals surface area contributed by atoms with Crippen molar-refractivity contribution in [2.75, 3.05) is 6.54 Å². The lowest BCUT2D eigenvalue weighted by Gasteiger charge is -2.21. The number of unbranched alkanes of at least 4 members (excludes halogenated alkanes) is 3. The van der Waals surface area contributed by atoms with E-state index in [9.17, 15) is 4.79 Å². The van der Waals surface area contributed by atoms with Crippen molar-refractivity contribution < 1.29 is 4.79 Å². The molecule has 1 heterocycles. The van der Waals surface area contributed by atoms with Gasteiger partial charge in [-0.2, -0.15) is 0 Å². The molecule has 0 aliphatic carbocycles. The number of halogens is 1. The zero-order valence-electron chi connectivity index (χ0n) is 14.6. The van der Waals surface area contributed by atoms with Crippen molar-refractivity contribution in [3.05, 3.63) is 59.7 Å². The summed E-state index contributed by atoms with van der Waals surface area (Å²) >= 11 is 0. The first-order valence-electron chi connectivity index (χ1n) is 8.93. The van der Waals surface area contributed by atoms with Crippen molar-refractivity contribution >= 4 is 18.3 Å². The van der Waals surface area contributed by atoms with Gasteiger partial charge in [0.1, 0.15) is 0 Å². The Balaban J connectivity index is 0.00000225. The van der Waals surface area contributed by atoms with E-state index in [-0.39, 0.29) is 18.3 Å². The molecule has 3 nitrogen and oxygen atoms in total. The molecule has 0 aromatic heterocycles. The minimum Gasteiger partial charge on any atom is -0.334 e. The van der Waals surface area contributed by atoms with E-state index in [0.29, 0.717) is 19.5 Å². The third-order valence-corrected chi connectivity index (χ3v) is 4.74. The van der Waals surface area contributed by atoms with Crippen LogP contribution in [-0.4, -0.2) is 17.4 Å². The van der Waals surface area contributed by atoms with Gasteiger partial charge in [0.15, 0.2) is 0 Å². The number of nitrogens with two attached hydrogens (primary N) is 1. The predicted octanol–water partition coefficient (Wildman–Crippen LogP) is 4.53. The molecule has 0 saturated heterocycles. The van der Waals surface area contributed by atoms with Crippen LogP contribution in [0.25, 0.3) is 11.1 Å². The zero-order valence-corrected chi connectivity index (χ0v) is 15.4. The van der Waals surface area contributed by atoms with Crippen LogP contribution in [0.2, 0.25) is 0 Å². The third kappa shape index (κ3) is 4.83. The Bertz CT molecular complexity index is 654. The van der Waals surface area contributed by atoms with Crippen LogP contribution < -0.4 is 5.73 Å². The van der Waals surface area contributed by atoms with E-state index in [2.05, 4.69) is 48.5 Å². The largest absolute Gasteiger partial charge is 0.334 e. The van der Waals surface area contributed by atoms with Gasteiger partial charge in [0.05, 0.1) is 0 Å². The highest BCUT2D eigenvalue weighted by atomic mass is 35.5. The standard InChI is InChI=1S/C21H26N2O.ClH/c22-14-8-2-1-3-13-21(24)23-15-17-9-4-6-11-19(17)20-12-7-5-10-18(20)16-23;/h4-7,9-12H,1-3,8,13-16,22H2;1H. The smallest absolute Gasteiger partial charge is 0.223 e. The molecule has 2 aromatic carbocycles. The Hall–Kier alpha value is -1.84. The molecule has 1 aliphatic rings. The Morgan fingerprint density at radius 2 is 1.36 bits per heavy atom. The van der Waals surface area contributed by atoms with Crippen molar-refractivity contribution in [1.82, 2.24) is 4.90 Å². The average Bonchev–Trinajstić information content (AvgIpc) is 2.78. The molecule has 0 spiro atoms. The second kappa shape index (κ2) is 9.59. The van der Waals surface area contributed by atoms with E-state index in [1.807, 2.05) is 4.90 Å². The van der Waals surface area contributed by atoms with E-state index in [4.69, 9.17) is 5.73 Å². The number of nitrogens with zero attached hydrogens (tertiary/aromatic N) is 1. The molecule has 0 bridgehead atoms. The van der Waals surface area contributed by atoms with Crippen LogP contribution in [0.4, 0.5) is 0 Å². The van der Waals surface area contributed by atoms with Crippen LogP contribution in [0, 0.1) is 0 Å². The Labute approximate surface area is 156 Å². The number of carbonyl (C=O) groups excluding carboxylic acids is 1. The summed E-state index contributed by atoms with van der Waals surface area (Å²) in [6.45, 7) is 2.15. The Morgan fingerprint density at radius 1 is 0.840 bits per heavy atom. The van der Waals surface area contributed by atoms with Crippen molar-refractivity contribution in [2.45, 2.75) is 45.2 Å². The number of amides is 1. The fraction of sp³-hybridized carbons (Fsp3) is 0.381. The molecule has 134 valence electrons. The second-order valence-electron chi connectivity index (χ2n) is 6.52.